The van der Waals surface area contributed by atoms with Gasteiger partial charge in [0.1, 0.15) is 0 Å². The van der Waals surface area contributed by atoms with E-state index >= 15 is 0 Å². The number of halogens is 1. The van der Waals surface area contributed by atoms with Gasteiger partial charge in [-0.2, -0.15) is 0 Å². The van der Waals surface area contributed by atoms with Gasteiger partial charge in [-0.25, -0.2) is 9.18 Å². The molecule has 84 valence electrons. The fourth-order valence-electron chi connectivity index (χ4n) is 1.61. The number of carbonyl (C=O) groups is 3. The molecule has 0 N–H and O–H groups in total. The van der Waals surface area contributed by atoms with Crippen LogP contribution in [0.3, 0.4) is 0 Å². The van der Waals surface area contributed by atoms with E-state index in [-0.39, 0.29) is 19.4 Å². The zero-order valence-electron chi connectivity index (χ0n) is 8.49. The van der Waals surface area contributed by atoms with E-state index < -0.39 is 29.6 Å². The molecule has 4 nitrogen and oxygen atoms in total. The van der Waals surface area contributed by atoms with Crippen molar-refractivity contribution in [2.75, 3.05) is 6.61 Å². The largest absolute Gasteiger partial charge is 0.460 e. The predicted octanol–water partition coefficient (Wildman–Crippen LogP) is 0.826. The van der Waals surface area contributed by atoms with Gasteiger partial charge in [0, 0.05) is 0 Å². The van der Waals surface area contributed by atoms with Crippen LogP contribution in [-0.2, 0) is 19.1 Å². The topological polar surface area (TPSA) is 60.4 Å². The molecule has 0 radical (unpaired) electrons. The Morgan fingerprint density at radius 2 is 2.13 bits per heavy atom. The van der Waals surface area contributed by atoms with Crippen LogP contribution < -0.4 is 0 Å². The van der Waals surface area contributed by atoms with Crippen molar-refractivity contribution in [2.45, 2.75) is 32.4 Å². The maximum atomic E-state index is 13.0. The SMILES string of the molecule is CCOC(=O)C(=O)[C@H]1CCC[C@@H](F)C1=O. The summed E-state index contributed by atoms with van der Waals surface area (Å²) in [7, 11) is 0. The van der Waals surface area contributed by atoms with E-state index in [1.165, 1.54) is 0 Å². The summed E-state index contributed by atoms with van der Waals surface area (Å²) in [5, 5.41) is 0. The summed E-state index contributed by atoms with van der Waals surface area (Å²) in [4.78, 5) is 33.7. The summed E-state index contributed by atoms with van der Waals surface area (Å²) in [5.41, 5.74) is 0. The minimum atomic E-state index is -1.61. The molecule has 1 saturated carbocycles. The van der Waals surface area contributed by atoms with Crippen molar-refractivity contribution in [3.8, 4) is 0 Å². The normalized spacial score (nSPS) is 26.1. The molecular formula is C10H13FO4. The lowest BCUT2D eigenvalue weighted by molar-refractivity contribution is -0.158. The molecule has 0 amide bonds. The second kappa shape index (κ2) is 5.00. The average Bonchev–Trinajstić information content (AvgIpc) is 2.21. The summed E-state index contributed by atoms with van der Waals surface area (Å²) in [6, 6.07) is 0. The molecule has 1 aliphatic carbocycles. The fourth-order valence-corrected chi connectivity index (χ4v) is 1.61. The van der Waals surface area contributed by atoms with Crippen LogP contribution in [0.1, 0.15) is 26.2 Å². The van der Waals surface area contributed by atoms with Gasteiger partial charge in [0.25, 0.3) is 5.78 Å². The minimum absolute atomic E-state index is 0.0739. The molecule has 0 bridgehead atoms. The van der Waals surface area contributed by atoms with E-state index in [2.05, 4.69) is 4.74 Å². The number of rotatable bonds is 3. The van der Waals surface area contributed by atoms with Gasteiger partial charge in [0.05, 0.1) is 12.5 Å². The van der Waals surface area contributed by atoms with Crippen molar-refractivity contribution in [3.05, 3.63) is 0 Å². The van der Waals surface area contributed by atoms with Crippen LogP contribution in [0.2, 0.25) is 0 Å². The van der Waals surface area contributed by atoms with Gasteiger partial charge in [0.15, 0.2) is 12.0 Å². The predicted molar refractivity (Wildman–Crippen MR) is 48.9 cm³/mol. The van der Waals surface area contributed by atoms with Crippen LogP contribution in [-0.4, -0.2) is 30.3 Å². The first kappa shape index (κ1) is 11.8. The monoisotopic (exact) mass is 216 g/mol. The number of esters is 1. The van der Waals surface area contributed by atoms with Crippen molar-refractivity contribution in [1.82, 2.24) is 0 Å². The third-order valence-electron chi connectivity index (χ3n) is 2.40. The number of ketones is 2. The van der Waals surface area contributed by atoms with Crippen molar-refractivity contribution < 1.29 is 23.5 Å². The molecule has 0 unspecified atom stereocenters. The summed E-state index contributed by atoms with van der Waals surface area (Å²) >= 11 is 0. The Kier molecular flexibility index (Phi) is 3.94. The lowest BCUT2D eigenvalue weighted by Crippen LogP contribution is -2.38. The van der Waals surface area contributed by atoms with Gasteiger partial charge in [0.2, 0.25) is 0 Å². The van der Waals surface area contributed by atoms with E-state index in [1.807, 2.05) is 0 Å². The molecule has 0 aromatic carbocycles. The molecule has 0 aliphatic heterocycles. The summed E-state index contributed by atoms with van der Waals surface area (Å²) in [5.74, 6) is -3.86. The van der Waals surface area contributed by atoms with Gasteiger partial charge in [-0.05, 0) is 26.2 Å². The molecule has 0 heterocycles. The highest BCUT2D eigenvalue weighted by atomic mass is 19.1. The van der Waals surface area contributed by atoms with E-state index in [9.17, 15) is 18.8 Å². The van der Waals surface area contributed by atoms with Crippen molar-refractivity contribution in [3.63, 3.8) is 0 Å². The lowest BCUT2D eigenvalue weighted by atomic mass is 9.84. The fraction of sp³-hybridized carbons (Fsp3) is 0.700. The van der Waals surface area contributed by atoms with Crippen LogP contribution in [0.5, 0.6) is 0 Å². The Balaban J connectivity index is 2.66. The number of ether oxygens (including phenoxy) is 1. The minimum Gasteiger partial charge on any atom is -0.460 e. The number of carbonyl (C=O) groups excluding carboxylic acids is 3. The van der Waals surface area contributed by atoms with E-state index in [0.717, 1.165) is 0 Å². The van der Waals surface area contributed by atoms with E-state index in [4.69, 9.17) is 0 Å². The number of hydrogen-bond donors (Lipinski definition) is 0. The van der Waals surface area contributed by atoms with Crippen LogP contribution in [0.4, 0.5) is 4.39 Å². The van der Waals surface area contributed by atoms with Gasteiger partial charge in [-0.15, -0.1) is 0 Å². The van der Waals surface area contributed by atoms with Gasteiger partial charge < -0.3 is 4.74 Å². The van der Waals surface area contributed by atoms with Gasteiger partial charge in [-0.1, -0.05) is 0 Å². The third kappa shape index (κ3) is 2.61. The summed E-state index contributed by atoms with van der Waals surface area (Å²) < 4.78 is 17.5. The summed E-state index contributed by atoms with van der Waals surface area (Å²) in [6.45, 7) is 1.64. The van der Waals surface area contributed by atoms with Crippen LogP contribution in [0.15, 0.2) is 0 Å². The molecule has 15 heavy (non-hydrogen) atoms. The lowest BCUT2D eigenvalue weighted by Gasteiger charge is -2.20. The maximum Gasteiger partial charge on any atom is 0.375 e. The van der Waals surface area contributed by atoms with Crippen molar-refractivity contribution in [1.29, 1.82) is 0 Å². The van der Waals surface area contributed by atoms with Crippen molar-refractivity contribution in [2.24, 2.45) is 5.92 Å². The molecule has 1 rings (SSSR count). The van der Waals surface area contributed by atoms with E-state index in [1.54, 1.807) is 6.92 Å². The molecular weight excluding hydrogens is 203 g/mol. The summed E-state index contributed by atoms with van der Waals surface area (Å²) in [6.07, 6.45) is -0.771. The van der Waals surface area contributed by atoms with Gasteiger partial charge >= 0.3 is 5.97 Å². The second-order valence-corrected chi connectivity index (χ2v) is 3.44. The first-order chi connectivity index (χ1) is 7.07. The quantitative estimate of drug-likeness (QED) is 0.398. The zero-order valence-corrected chi connectivity index (χ0v) is 8.49. The first-order valence-electron chi connectivity index (χ1n) is 4.96. The second-order valence-electron chi connectivity index (χ2n) is 3.44. The molecule has 5 heteroatoms. The standard InChI is InChI=1S/C10H13FO4/c1-2-15-10(14)9(13)6-4-3-5-7(11)8(6)12/h6-7H,2-5H2,1H3/t6-,7+/m0/s1. The molecule has 0 aromatic rings. The molecule has 0 aromatic heterocycles. The van der Waals surface area contributed by atoms with E-state index in [0.29, 0.717) is 6.42 Å². The Hall–Kier alpha value is -1.26. The molecule has 1 fully saturated rings. The number of alkyl halides is 1. The first-order valence-corrected chi connectivity index (χ1v) is 4.96. The maximum absolute atomic E-state index is 13.0. The molecule has 2 atom stereocenters. The Morgan fingerprint density at radius 1 is 1.47 bits per heavy atom. The molecule has 0 saturated heterocycles. The van der Waals surface area contributed by atoms with Gasteiger partial charge in [-0.3, -0.25) is 9.59 Å². The molecule has 0 spiro atoms. The highest BCUT2D eigenvalue weighted by Crippen LogP contribution is 2.24. The smallest absolute Gasteiger partial charge is 0.375 e. The average molecular weight is 216 g/mol. The highest BCUT2D eigenvalue weighted by molar-refractivity contribution is 6.38. The number of Topliss-reactive ketones (excluding diaryl/α,β-unsaturated/α-hetero) is 2. The highest BCUT2D eigenvalue weighted by Gasteiger charge is 2.39. The van der Waals surface area contributed by atoms with Crippen molar-refractivity contribution >= 4 is 17.5 Å². The zero-order chi connectivity index (χ0) is 11.4. The Morgan fingerprint density at radius 3 is 2.73 bits per heavy atom. The third-order valence-corrected chi connectivity index (χ3v) is 2.40. The Labute approximate surface area is 86.8 Å². The van der Waals surface area contributed by atoms with Crippen LogP contribution >= 0.6 is 0 Å². The van der Waals surface area contributed by atoms with Crippen LogP contribution in [0, 0.1) is 5.92 Å². The van der Waals surface area contributed by atoms with Crippen LogP contribution in [0.25, 0.3) is 0 Å². The Bertz CT molecular complexity index is 287. The molecule has 1 aliphatic rings. The number of hydrogen-bond acceptors (Lipinski definition) is 4.